The first-order valence-electron chi connectivity index (χ1n) is 10.8. The van der Waals surface area contributed by atoms with Gasteiger partial charge in [0, 0.05) is 0 Å². The Bertz CT molecular complexity index is 1160. The van der Waals surface area contributed by atoms with E-state index in [-0.39, 0.29) is 18.5 Å². The molecule has 0 heterocycles. The number of rotatable bonds is 2. The second-order valence-corrected chi connectivity index (χ2v) is 20.0. The monoisotopic (exact) mass is 660 g/mol. The summed E-state index contributed by atoms with van der Waals surface area (Å²) < 4.78 is 0. The van der Waals surface area contributed by atoms with Crippen LogP contribution in [0.1, 0.15) is 0 Å². The molecule has 34 heavy (non-hydrogen) atoms. The van der Waals surface area contributed by atoms with Gasteiger partial charge >= 0.3 is 43.0 Å². The van der Waals surface area contributed by atoms with E-state index in [0.29, 0.717) is 0 Å². The van der Waals surface area contributed by atoms with Gasteiger partial charge in [0.05, 0.1) is 0 Å². The molecule has 0 nitrogen and oxygen atoms in total. The normalized spacial score (nSPS) is 9.47. The molecule has 0 saturated carbocycles. The van der Waals surface area contributed by atoms with Crippen molar-refractivity contribution in [3.8, 4) is 0 Å². The Hall–Kier alpha value is -1.84. The summed E-state index contributed by atoms with van der Waals surface area (Å²) in [5, 5.41) is 8.12. The summed E-state index contributed by atoms with van der Waals surface area (Å²) in [6.45, 7) is 0. The van der Waals surface area contributed by atoms with Crippen LogP contribution in [-0.4, -0.2) is 9.52 Å². The molecule has 6 aromatic carbocycles. The molecule has 0 aliphatic heterocycles. The number of fused-ring (bicyclic) bond motifs is 2. The van der Waals surface area contributed by atoms with Gasteiger partial charge in [0.1, 0.15) is 9.52 Å². The van der Waals surface area contributed by atoms with Gasteiger partial charge in [0.2, 0.25) is 0 Å². The first-order chi connectivity index (χ1) is 16.8. The predicted octanol–water partition coefficient (Wildman–Crippen LogP) is 8.15. The molecule has 6 rings (SSSR count). The minimum absolute atomic E-state index is 0.145. The van der Waals surface area contributed by atoms with E-state index in [1.807, 2.05) is 0 Å². The Kier molecular flexibility index (Phi) is 12.6. The molecule has 0 unspecified atom stereocenters. The maximum Gasteiger partial charge on any atom is 0.121 e. The largest absolute Gasteiger partial charge is 0.168 e. The molecule has 4 heteroatoms. The zero-order valence-electron chi connectivity index (χ0n) is 18.6. The van der Waals surface area contributed by atoms with E-state index in [2.05, 4.69) is 170 Å². The number of benzene rings is 4. The van der Waals surface area contributed by atoms with Crippen LogP contribution in [-0.2, 0) is 18.5 Å². The molecule has 0 atom stereocenters. The van der Waals surface area contributed by atoms with Crippen molar-refractivity contribution in [1.82, 2.24) is 0 Å². The second-order valence-electron chi connectivity index (χ2n) is 7.24. The molecular formula is C30H24Br2SiZr. The van der Waals surface area contributed by atoms with Crippen molar-refractivity contribution >= 4 is 65.9 Å². The van der Waals surface area contributed by atoms with Gasteiger partial charge < -0.3 is 0 Å². The second kappa shape index (κ2) is 15.9. The molecule has 0 bridgehead atoms. The van der Waals surface area contributed by atoms with Gasteiger partial charge in [-0.15, -0.1) is 59.3 Å². The van der Waals surface area contributed by atoms with Crippen molar-refractivity contribution in [3.63, 3.8) is 0 Å². The van der Waals surface area contributed by atoms with E-state index >= 15 is 0 Å². The van der Waals surface area contributed by atoms with Crippen LogP contribution in [0, 0.1) is 0 Å². The molecule has 2 radical (unpaired) electrons. The zero-order chi connectivity index (χ0) is 23.8. The topological polar surface area (TPSA) is 0 Å². The average Bonchev–Trinajstić information content (AvgIpc) is 3.56. The molecule has 0 saturated heterocycles. The Morgan fingerprint density at radius 2 is 0.824 bits per heavy atom. The Morgan fingerprint density at radius 1 is 0.471 bits per heavy atom. The Morgan fingerprint density at radius 3 is 1.21 bits per heavy atom. The van der Waals surface area contributed by atoms with E-state index < -0.39 is 0 Å². The summed E-state index contributed by atoms with van der Waals surface area (Å²) in [6, 6.07) is 50.5. The third kappa shape index (κ3) is 9.43. The Balaban J connectivity index is 0.000000138. The zero-order valence-corrected chi connectivity index (χ0v) is 25.2. The molecule has 166 valence electrons. The SMILES string of the molecule is [Br][Zr+2][Br].c1ccc([Si]c2ccccc2)cc1.c1ccc2[cH-]ccc2c1.c1ccc2[cH-]ccc2c1. The number of halogens is 2. The van der Waals surface area contributed by atoms with Crippen LogP contribution in [0.25, 0.3) is 21.5 Å². The molecule has 0 spiro atoms. The molecule has 0 fully saturated rings. The standard InChI is InChI=1S/C12H10Si.2C9H7.2BrH.Zr/c1-3-7-11(8-4-1)13-12-9-5-2-6-10-12;2*1-2-5-9-7-3-6-8(9)4-1;;;/h1-10H;2*1-7H;2*1H;/q;2*-1;;;+4/p-2. The quantitative estimate of drug-likeness (QED) is 0.130. The van der Waals surface area contributed by atoms with Crippen molar-refractivity contribution in [2.75, 3.05) is 0 Å². The minimum atomic E-state index is -0.145. The first-order valence-corrected chi connectivity index (χ1v) is 23.1. The van der Waals surface area contributed by atoms with Crippen LogP contribution in [0.3, 0.4) is 0 Å². The predicted molar refractivity (Wildman–Crippen MR) is 155 cm³/mol. The Labute approximate surface area is 228 Å². The summed E-state index contributed by atoms with van der Waals surface area (Å²) in [4.78, 5) is 0. The summed E-state index contributed by atoms with van der Waals surface area (Å²) in [5.74, 6) is 0. The third-order valence-corrected chi connectivity index (χ3v) is 6.18. The maximum absolute atomic E-state index is 3.23. The van der Waals surface area contributed by atoms with Gasteiger partial charge in [0.25, 0.3) is 0 Å². The van der Waals surface area contributed by atoms with Gasteiger partial charge in [-0.1, -0.05) is 83.2 Å². The number of hydrogen-bond acceptors (Lipinski definition) is 0. The van der Waals surface area contributed by atoms with Gasteiger partial charge in [-0.2, -0.15) is 35.0 Å². The number of hydrogen-bond donors (Lipinski definition) is 0. The maximum atomic E-state index is 3.23. The van der Waals surface area contributed by atoms with Gasteiger partial charge in [0.15, 0.2) is 0 Å². The van der Waals surface area contributed by atoms with Gasteiger partial charge in [-0.05, 0) is 0 Å². The molecule has 0 aliphatic rings. The summed E-state index contributed by atoms with van der Waals surface area (Å²) in [5.41, 5.74) is 0. The third-order valence-electron chi connectivity index (χ3n) is 4.93. The molecule has 0 aliphatic carbocycles. The van der Waals surface area contributed by atoms with Crippen molar-refractivity contribution < 1.29 is 18.5 Å². The van der Waals surface area contributed by atoms with E-state index in [9.17, 15) is 0 Å². The summed E-state index contributed by atoms with van der Waals surface area (Å²) >= 11 is 6.32. The van der Waals surface area contributed by atoms with Crippen LogP contribution in [0.2, 0.25) is 0 Å². The average molecular weight is 664 g/mol. The molecule has 0 N–H and O–H groups in total. The van der Waals surface area contributed by atoms with E-state index in [4.69, 9.17) is 0 Å². The molecular weight excluding hydrogens is 639 g/mol. The first kappa shape index (κ1) is 26.8. The van der Waals surface area contributed by atoms with Crippen LogP contribution in [0.15, 0.2) is 146 Å². The summed E-state index contributed by atoms with van der Waals surface area (Å²) in [7, 11) is 0.777. The smallest absolute Gasteiger partial charge is 0.121 e. The van der Waals surface area contributed by atoms with Crippen LogP contribution in [0.4, 0.5) is 0 Å². The fraction of sp³-hybridized carbons (Fsp3) is 0. The van der Waals surface area contributed by atoms with Crippen molar-refractivity contribution in [1.29, 1.82) is 0 Å². The van der Waals surface area contributed by atoms with E-state index in [1.54, 1.807) is 0 Å². The minimum Gasteiger partial charge on any atom is -0.168 e. The van der Waals surface area contributed by atoms with Crippen molar-refractivity contribution in [2.45, 2.75) is 0 Å². The fourth-order valence-corrected chi connectivity index (χ4v) is 4.40. The molecule has 0 amide bonds. The molecule has 6 aromatic rings. The van der Waals surface area contributed by atoms with Gasteiger partial charge in [-0.25, -0.2) is 0 Å². The van der Waals surface area contributed by atoms with Crippen LogP contribution in [0.5, 0.6) is 0 Å². The van der Waals surface area contributed by atoms with Crippen molar-refractivity contribution in [2.24, 2.45) is 0 Å². The summed E-state index contributed by atoms with van der Waals surface area (Å²) in [6.07, 6.45) is 0. The van der Waals surface area contributed by atoms with Crippen molar-refractivity contribution in [3.05, 3.63) is 146 Å². The van der Waals surface area contributed by atoms with Gasteiger partial charge in [-0.3, -0.25) is 0 Å². The van der Waals surface area contributed by atoms with Crippen LogP contribution >= 0.6 is 24.4 Å². The van der Waals surface area contributed by atoms with E-state index in [0.717, 1.165) is 9.52 Å². The fourth-order valence-electron chi connectivity index (χ4n) is 3.35. The molecule has 0 aromatic heterocycles. The van der Waals surface area contributed by atoms with E-state index in [1.165, 1.54) is 31.9 Å². The van der Waals surface area contributed by atoms with Crippen LogP contribution < -0.4 is 10.4 Å².